The number of aromatic nitrogens is 1. The molecule has 1 fully saturated rings. The van der Waals surface area contributed by atoms with Gasteiger partial charge >= 0.3 is 5.97 Å². The van der Waals surface area contributed by atoms with Crippen LogP contribution in [0.5, 0.6) is 0 Å². The van der Waals surface area contributed by atoms with Crippen molar-refractivity contribution in [1.82, 2.24) is 4.57 Å². The molecule has 200 valence electrons. The van der Waals surface area contributed by atoms with E-state index in [0.29, 0.717) is 49.8 Å². The van der Waals surface area contributed by atoms with E-state index in [0.717, 1.165) is 22.2 Å². The van der Waals surface area contributed by atoms with Gasteiger partial charge in [0, 0.05) is 29.1 Å². The molecule has 9 heteroatoms. The number of fused-ring (bicyclic) bond motifs is 3. The first-order valence-electron chi connectivity index (χ1n) is 13.0. The second-order valence-corrected chi connectivity index (χ2v) is 11.1. The number of para-hydroxylation sites is 1. The third kappa shape index (κ3) is 4.78. The summed E-state index contributed by atoms with van der Waals surface area (Å²) in [5.74, 6) is -1.99. The minimum absolute atomic E-state index is 0.0124. The molecule has 1 saturated carbocycles. The zero-order valence-electron chi connectivity index (χ0n) is 21.7. The number of esters is 1. The summed E-state index contributed by atoms with van der Waals surface area (Å²) in [6.07, 6.45) is 3.46. The van der Waals surface area contributed by atoms with Gasteiger partial charge in [0.2, 0.25) is 5.91 Å². The van der Waals surface area contributed by atoms with E-state index >= 15 is 4.39 Å². The second-order valence-electron chi connectivity index (χ2n) is 11.1. The lowest BCUT2D eigenvalue weighted by Crippen LogP contribution is -2.33. The van der Waals surface area contributed by atoms with Crippen molar-refractivity contribution >= 4 is 34.4 Å². The lowest BCUT2D eigenvalue weighted by atomic mass is 9.80. The Morgan fingerprint density at radius 2 is 1.84 bits per heavy atom. The number of hydrogen-bond donors (Lipinski definition) is 3. The van der Waals surface area contributed by atoms with E-state index in [1.807, 2.05) is 24.3 Å². The summed E-state index contributed by atoms with van der Waals surface area (Å²) in [5, 5.41) is 4.19. The summed E-state index contributed by atoms with van der Waals surface area (Å²) in [6, 6.07) is 10.7. The van der Waals surface area contributed by atoms with Crippen LogP contribution in [0.2, 0.25) is 0 Å². The number of hydrogen-bond acceptors (Lipinski definition) is 6. The van der Waals surface area contributed by atoms with Crippen LogP contribution < -0.4 is 16.8 Å². The van der Waals surface area contributed by atoms with Gasteiger partial charge in [-0.05, 0) is 61.3 Å². The molecule has 1 aliphatic carbocycles. The van der Waals surface area contributed by atoms with Crippen LogP contribution in [0.25, 0.3) is 22.0 Å². The van der Waals surface area contributed by atoms with Gasteiger partial charge in [0.1, 0.15) is 11.9 Å². The molecule has 1 aromatic heterocycles. The predicted molar refractivity (Wildman–Crippen MR) is 143 cm³/mol. The highest BCUT2D eigenvalue weighted by atomic mass is 19.1. The summed E-state index contributed by atoms with van der Waals surface area (Å²) in [5.41, 5.74) is 13.8. The van der Waals surface area contributed by atoms with Crippen LogP contribution in [0.15, 0.2) is 36.4 Å². The number of anilines is 1. The average molecular weight is 521 g/mol. The van der Waals surface area contributed by atoms with Gasteiger partial charge in [0.25, 0.3) is 5.91 Å². The molecule has 1 aliphatic heterocycles. The molecule has 0 bridgehead atoms. The highest BCUT2D eigenvalue weighted by Crippen LogP contribution is 2.44. The Morgan fingerprint density at radius 1 is 1.13 bits per heavy atom. The van der Waals surface area contributed by atoms with Crippen molar-refractivity contribution < 1.29 is 23.5 Å². The smallest absolute Gasteiger partial charge is 0.319 e. The highest BCUT2D eigenvalue weighted by Gasteiger charge is 2.35. The van der Waals surface area contributed by atoms with Crippen LogP contribution in [0, 0.1) is 11.2 Å². The number of nitrogens with zero attached hydrogens (tertiary/aromatic N) is 1. The summed E-state index contributed by atoms with van der Waals surface area (Å²) < 4.78 is 22.6. The Bertz CT molecular complexity index is 1440. The highest BCUT2D eigenvalue weighted by molar-refractivity contribution is 6.06. The molecule has 0 unspecified atom stereocenters. The number of ether oxygens (including phenoxy) is 1. The molecular formula is C29H33FN4O4. The fourth-order valence-electron chi connectivity index (χ4n) is 5.97. The van der Waals surface area contributed by atoms with E-state index in [4.69, 9.17) is 16.2 Å². The molecule has 0 saturated heterocycles. The fourth-order valence-corrected chi connectivity index (χ4v) is 5.97. The van der Waals surface area contributed by atoms with E-state index in [2.05, 4.69) is 19.2 Å². The molecule has 1 amide bonds. The van der Waals surface area contributed by atoms with Gasteiger partial charge in [0.15, 0.2) is 0 Å². The topological polar surface area (TPSA) is 129 Å². The molecule has 2 aliphatic rings. The van der Waals surface area contributed by atoms with Crippen LogP contribution in [0.4, 0.5) is 10.1 Å². The van der Waals surface area contributed by atoms with E-state index in [9.17, 15) is 14.4 Å². The molecule has 8 nitrogen and oxygen atoms in total. The number of amides is 1. The first kappa shape index (κ1) is 25.9. The molecule has 2 aromatic carbocycles. The molecule has 0 spiro atoms. The largest absolute Gasteiger partial charge is 0.461 e. The zero-order chi connectivity index (χ0) is 27.2. The third-order valence-corrected chi connectivity index (χ3v) is 7.62. The van der Waals surface area contributed by atoms with Gasteiger partial charge in [0.05, 0.1) is 23.3 Å². The van der Waals surface area contributed by atoms with Crippen LogP contribution in [-0.2, 0) is 16.0 Å². The summed E-state index contributed by atoms with van der Waals surface area (Å²) in [6.45, 7) is 3.95. The summed E-state index contributed by atoms with van der Waals surface area (Å²) >= 11 is 0. The number of nitrogens with two attached hydrogens (primary N) is 2. The number of nitrogens with one attached hydrogen (secondary N) is 1. The Morgan fingerprint density at radius 3 is 2.53 bits per heavy atom. The number of primary amides is 1. The SMILES string of the molecule is CC1(C)CC(=O)n2c(c(-c3cc(F)c(C(N)=O)c(NC4CCC(OC(=O)CN)CC4)c3)c3ccccc32)C1. The van der Waals surface area contributed by atoms with Gasteiger partial charge in [-0.25, -0.2) is 4.39 Å². The number of rotatable bonds is 6. The standard InChI is InChI=1S/C29H33FN4O4/c1-29(2)13-23-26(19-5-3-4-6-22(19)34(23)24(35)14-29)16-11-20(30)27(28(32)37)21(12-16)33-17-7-9-18(10-8-17)38-25(36)15-31/h3-6,11-12,17-18,33H,7-10,13-15,31H2,1-2H3,(H2,32,37). The van der Waals surface area contributed by atoms with Crippen molar-refractivity contribution in [2.24, 2.45) is 16.9 Å². The first-order valence-corrected chi connectivity index (χ1v) is 13.0. The van der Waals surface area contributed by atoms with Gasteiger partial charge < -0.3 is 21.5 Å². The molecule has 3 aromatic rings. The molecule has 5 N–H and O–H groups in total. The van der Waals surface area contributed by atoms with Crippen molar-refractivity contribution in [1.29, 1.82) is 0 Å². The van der Waals surface area contributed by atoms with Crippen molar-refractivity contribution in [3.05, 3.63) is 53.5 Å². The molecule has 38 heavy (non-hydrogen) atoms. The van der Waals surface area contributed by atoms with E-state index < -0.39 is 17.7 Å². The van der Waals surface area contributed by atoms with Gasteiger partial charge in [-0.3, -0.25) is 19.0 Å². The van der Waals surface area contributed by atoms with Crippen molar-refractivity contribution in [2.45, 2.75) is 64.5 Å². The maximum absolute atomic E-state index is 15.5. The maximum atomic E-state index is 15.5. The zero-order valence-corrected chi connectivity index (χ0v) is 21.7. The second kappa shape index (κ2) is 9.87. The molecular weight excluding hydrogens is 487 g/mol. The quantitative estimate of drug-likeness (QED) is 0.414. The third-order valence-electron chi connectivity index (χ3n) is 7.62. The molecule has 2 heterocycles. The van der Waals surface area contributed by atoms with Crippen LogP contribution in [-0.4, -0.2) is 41.0 Å². The Hall–Kier alpha value is -3.72. The minimum Gasteiger partial charge on any atom is -0.461 e. The van der Waals surface area contributed by atoms with Gasteiger partial charge in [-0.2, -0.15) is 0 Å². The first-order chi connectivity index (χ1) is 18.1. The summed E-state index contributed by atoms with van der Waals surface area (Å²) in [7, 11) is 0. The normalized spacial score (nSPS) is 20.7. The fraction of sp³-hybridized carbons (Fsp3) is 0.414. The van der Waals surface area contributed by atoms with Crippen LogP contribution in [0.3, 0.4) is 0 Å². The summed E-state index contributed by atoms with van der Waals surface area (Å²) in [4.78, 5) is 37.0. The number of benzene rings is 2. The minimum atomic E-state index is -0.859. The number of halogens is 1. The van der Waals surface area contributed by atoms with Gasteiger partial charge in [-0.15, -0.1) is 0 Å². The average Bonchev–Trinajstić information content (AvgIpc) is 3.17. The van der Waals surface area contributed by atoms with E-state index in [1.54, 1.807) is 10.6 Å². The van der Waals surface area contributed by atoms with Crippen molar-refractivity contribution in [3.63, 3.8) is 0 Å². The Labute approximate surface area is 220 Å². The Balaban J connectivity index is 1.55. The van der Waals surface area contributed by atoms with Gasteiger partial charge in [-0.1, -0.05) is 32.0 Å². The Kier molecular flexibility index (Phi) is 6.73. The van der Waals surface area contributed by atoms with E-state index in [-0.39, 0.29) is 35.6 Å². The molecule has 5 rings (SSSR count). The van der Waals surface area contributed by atoms with E-state index in [1.165, 1.54) is 6.07 Å². The van der Waals surface area contributed by atoms with Crippen molar-refractivity contribution in [2.75, 3.05) is 11.9 Å². The maximum Gasteiger partial charge on any atom is 0.319 e. The number of carbonyl (C=O) groups excluding carboxylic acids is 3. The number of carbonyl (C=O) groups is 3. The molecule has 0 atom stereocenters. The lowest BCUT2D eigenvalue weighted by Gasteiger charge is -2.31. The van der Waals surface area contributed by atoms with Crippen molar-refractivity contribution in [3.8, 4) is 11.1 Å². The lowest BCUT2D eigenvalue weighted by molar-refractivity contribution is -0.148. The van der Waals surface area contributed by atoms with Crippen LogP contribution >= 0.6 is 0 Å². The van der Waals surface area contributed by atoms with Crippen LogP contribution in [0.1, 0.15) is 66.8 Å². The monoisotopic (exact) mass is 520 g/mol. The molecule has 0 radical (unpaired) electrons. The predicted octanol–water partition coefficient (Wildman–Crippen LogP) is 4.38.